The molecule has 11 unspecified atom stereocenters. The third-order valence-corrected chi connectivity index (χ3v) is 18.1. The molecule has 4 aliphatic rings. The molecular formula is C56H106O20P2. The van der Waals surface area contributed by atoms with E-state index in [1.807, 2.05) is 6.92 Å². The number of phosphoric acid groups is 2. The quantitative estimate of drug-likeness (QED) is 0.0222. The number of hydrogen-bond acceptors (Lipinski definition) is 18. The molecule has 11 atom stereocenters. The molecule has 0 bridgehead atoms. The molecule has 3 fully saturated rings. The summed E-state index contributed by atoms with van der Waals surface area (Å²) >= 11 is 0. The summed E-state index contributed by atoms with van der Waals surface area (Å²) in [7, 11) is -7.11. The SMILES string of the molecule is CCOCCOCCOCCOCCOP(=O)(O)OC.CCOCCOP(=O)(O)OC(CO)COCCOCCOCCOCCCCC(=O)OC1CCC2(C)C(=CCC3C2CCC2(C)C(C(C)CCCC(C)C)CCC32)C1. The molecule has 0 heterocycles. The average molecular weight is 1160 g/mol. The van der Waals surface area contributed by atoms with Gasteiger partial charge in [0.1, 0.15) is 12.2 Å². The lowest BCUT2D eigenvalue weighted by atomic mass is 9.47. The van der Waals surface area contributed by atoms with Crippen LogP contribution in [0.5, 0.6) is 0 Å². The Balaban J connectivity index is 0.000000676. The van der Waals surface area contributed by atoms with Gasteiger partial charge in [-0.05, 0) is 118 Å². The highest BCUT2D eigenvalue weighted by atomic mass is 31.2. The van der Waals surface area contributed by atoms with Crippen LogP contribution < -0.4 is 0 Å². The van der Waals surface area contributed by atoms with E-state index in [-0.39, 0.29) is 57.1 Å². The number of allylic oxidation sites excluding steroid dienone is 1. The van der Waals surface area contributed by atoms with Gasteiger partial charge in [0, 0.05) is 39.8 Å². The molecule has 22 heteroatoms. The molecule has 0 aromatic heterocycles. The fourth-order valence-corrected chi connectivity index (χ4v) is 13.4. The summed E-state index contributed by atoms with van der Waals surface area (Å²) in [5, 5.41) is 9.40. The fraction of sp³-hybridized carbons (Fsp3) is 0.946. The largest absolute Gasteiger partial charge is 0.472 e. The summed E-state index contributed by atoms with van der Waals surface area (Å²) in [6.07, 6.45) is 17.6. The first-order chi connectivity index (χ1) is 37.4. The summed E-state index contributed by atoms with van der Waals surface area (Å²) in [6.45, 7) is 22.8. The molecule has 4 rings (SSSR count). The first kappa shape index (κ1) is 71.3. The van der Waals surface area contributed by atoms with E-state index in [0.29, 0.717) is 104 Å². The van der Waals surface area contributed by atoms with Crippen LogP contribution in [0.1, 0.15) is 138 Å². The first-order valence-corrected chi connectivity index (χ1v) is 32.3. The summed E-state index contributed by atoms with van der Waals surface area (Å²) < 4.78 is 95.3. The number of aliphatic hydroxyl groups is 1. The van der Waals surface area contributed by atoms with Crippen LogP contribution in [0, 0.1) is 46.3 Å². The van der Waals surface area contributed by atoms with E-state index in [2.05, 4.69) is 49.7 Å². The van der Waals surface area contributed by atoms with E-state index in [9.17, 15) is 23.9 Å². The normalized spacial score (nSPS) is 26.2. The van der Waals surface area contributed by atoms with Gasteiger partial charge in [-0.1, -0.05) is 65.5 Å². The van der Waals surface area contributed by atoms with Gasteiger partial charge in [0.2, 0.25) is 0 Å². The van der Waals surface area contributed by atoms with Gasteiger partial charge in [-0.2, -0.15) is 0 Å². The molecule has 4 aliphatic carbocycles. The number of carbonyl (C=O) groups is 1. The van der Waals surface area contributed by atoms with E-state index >= 15 is 0 Å². The molecule has 0 aromatic rings. The Bertz CT molecular complexity index is 1690. The van der Waals surface area contributed by atoms with Crippen molar-refractivity contribution in [1.82, 2.24) is 0 Å². The molecule has 3 saturated carbocycles. The number of unbranched alkanes of at least 4 members (excludes halogenated alkanes) is 1. The second-order valence-electron chi connectivity index (χ2n) is 21.9. The highest BCUT2D eigenvalue weighted by Gasteiger charge is 2.59. The lowest BCUT2D eigenvalue weighted by molar-refractivity contribution is -0.151. The number of fused-ring (bicyclic) bond motifs is 5. The smallest absolute Gasteiger partial charge is 0.462 e. The van der Waals surface area contributed by atoms with Crippen molar-refractivity contribution in [2.45, 2.75) is 151 Å². The molecule has 460 valence electrons. The zero-order valence-electron chi connectivity index (χ0n) is 49.1. The number of esters is 1. The van der Waals surface area contributed by atoms with Crippen molar-refractivity contribution < 1.29 is 94.3 Å². The van der Waals surface area contributed by atoms with Gasteiger partial charge in [0.25, 0.3) is 0 Å². The van der Waals surface area contributed by atoms with E-state index in [4.69, 9.17) is 61.3 Å². The van der Waals surface area contributed by atoms with Crippen LogP contribution in [0.15, 0.2) is 11.6 Å². The van der Waals surface area contributed by atoms with Crippen molar-refractivity contribution >= 4 is 21.6 Å². The second-order valence-corrected chi connectivity index (χ2v) is 24.9. The molecule has 20 nitrogen and oxygen atoms in total. The van der Waals surface area contributed by atoms with Crippen LogP contribution in [0.3, 0.4) is 0 Å². The topological polar surface area (TPSA) is 241 Å². The lowest BCUT2D eigenvalue weighted by Crippen LogP contribution is -2.51. The Kier molecular flexibility index (Phi) is 36.9. The Morgan fingerprint density at radius 1 is 0.641 bits per heavy atom. The number of aliphatic hydroxyl groups excluding tert-OH is 1. The van der Waals surface area contributed by atoms with Crippen molar-refractivity contribution in [3.8, 4) is 0 Å². The number of phosphoric ester groups is 2. The average Bonchev–Trinajstić information content (AvgIpc) is 4.00. The fourth-order valence-electron chi connectivity index (χ4n) is 12.1. The molecule has 0 spiro atoms. The highest BCUT2D eigenvalue weighted by molar-refractivity contribution is 7.47. The first-order valence-electron chi connectivity index (χ1n) is 29.3. The van der Waals surface area contributed by atoms with Crippen LogP contribution in [0.2, 0.25) is 0 Å². The predicted octanol–water partition coefficient (Wildman–Crippen LogP) is 9.54. The van der Waals surface area contributed by atoms with Gasteiger partial charge in [0.05, 0.1) is 119 Å². The second kappa shape index (κ2) is 40.3. The van der Waals surface area contributed by atoms with Gasteiger partial charge >= 0.3 is 21.6 Å². The third-order valence-electron chi connectivity index (χ3n) is 16.1. The molecule has 0 aliphatic heterocycles. The maximum atomic E-state index is 12.8. The Morgan fingerprint density at radius 3 is 1.74 bits per heavy atom. The predicted molar refractivity (Wildman–Crippen MR) is 296 cm³/mol. The standard InChI is InChI=1S/C45H81O12P.C11H25O8P/c1-7-50-29-30-55-58(48,49)57-38(32-46)33-54-28-27-53-26-25-52-24-23-51-22-9-8-13-43(47)56-37-18-20-44(5)36(31-37)14-15-39-41-17-16-40(35(4)12-10-11-34(2)3)45(41,6)21-19-42(39)44;1-3-15-4-5-16-6-7-17-8-9-18-10-11-19-20(12,13)14-2/h14,34-35,37-42,46H,7-13,15-33H2,1-6H3,(H,48,49);3-11H2,1-2H3,(H,12,13). The van der Waals surface area contributed by atoms with Crippen molar-refractivity contribution in [3.05, 3.63) is 11.6 Å². The zero-order chi connectivity index (χ0) is 57.1. The van der Waals surface area contributed by atoms with Crippen molar-refractivity contribution in [3.63, 3.8) is 0 Å². The Hall–Kier alpha value is -0.970. The monoisotopic (exact) mass is 1160 g/mol. The molecule has 0 amide bonds. The maximum Gasteiger partial charge on any atom is 0.472 e. The van der Waals surface area contributed by atoms with Crippen molar-refractivity contribution in [2.24, 2.45) is 46.3 Å². The molecule has 0 radical (unpaired) electrons. The minimum Gasteiger partial charge on any atom is -0.462 e. The molecule has 78 heavy (non-hydrogen) atoms. The van der Waals surface area contributed by atoms with Crippen molar-refractivity contribution in [1.29, 1.82) is 0 Å². The number of rotatable bonds is 45. The van der Waals surface area contributed by atoms with Crippen LogP contribution in [-0.2, 0) is 79.4 Å². The van der Waals surface area contributed by atoms with Gasteiger partial charge in [-0.3, -0.25) is 22.9 Å². The van der Waals surface area contributed by atoms with Crippen LogP contribution in [0.25, 0.3) is 0 Å². The minimum absolute atomic E-state index is 0.00773. The summed E-state index contributed by atoms with van der Waals surface area (Å²) in [5.41, 5.74) is 2.34. The summed E-state index contributed by atoms with van der Waals surface area (Å²) in [6, 6.07) is 0. The van der Waals surface area contributed by atoms with Crippen LogP contribution in [-0.4, -0.2) is 179 Å². The Labute approximate surface area is 468 Å². The van der Waals surface area contributed by atoms with Crippen molar-refractivity contribution in [2.75, 3.05) is 146 Å². The summed E-state index contributed by atoms with van der Waals surface area (Å²) in [5.74, 6) is 4.90. The molecule has 0 saturated heterocycles. The maximum absolute atomic E-state index is 12.8. The number of hydrogen-bond donors (Lipinski definition) is 3. The molecule has 0 aromatic carbocycles. The van der Waals surface area contributed by atoms with E-state index < -0.39 is 28.4 Å². The number of ether oxygens (including phenoxy) is 10. The number of carbonyl (C=O) groups excluding carboxylic acids is 1. The molecule has 3 N–H and O–H groups in total. The highest BCUT2D eigenvalue weighted by Crippen LogP contribution is 2.67. The van der Waals surface area contributed by atoms with Crippen LogP contribution in [0.4, 0.5) is 0 Å². The van der Waals surface area contributed by atoms with Gasteiger partial charge in [-0.15, -0.1) is 0 Å². The van der Waals surface area contributed by atoms with Gasteiger partial charge in [-0.25, -0.2) is 9.13 Å². The van der Waals surface area contributed by atoms with Gasteiger partial charge < -0.3 is 62.3 Å². The zero-order valence-corrected chi connectivity index (χ0v) is 50.9. The molecular weight excluding hydrogens is 1050 g/mol. The van der Waals surface area contributed by atoms with E-state index in [1.54, 1.807) is 12.5 Å². The lowest BCUT2D eigenvalue weighted by Gasteiger charge is -2.58. The van der Waals surface area contributed by atoms with E-state index in [1.165, 1.54) is 51.4 Å². The van der Waals surface area contributed by atoms with Gasteiger partial charge in [0.15, 0.2) is 0 Å². The third kappa shape index (κ3) is 27.6. The Morgan fingerprint density at radius 2 is 1.18 bits per heavy atom. The summed E-state index contributed by atoms with van der Waals surface area (Å²) in [4.78, 5) is 31.5. The van der Waals surface area contributed by atoms with Crippen LogP contribution >= 0.6 is 15.6 Å². The minimum atomic E-state index is -4.32. The van der Waals surface area contributed by atoms with E-state index in [0.717, 1.165) is 74.7 Å².